The molecular formula is C18H26BrNO5. The molecule has 0 radical (unpaired) electrons. The summed E-state index contributed by atoms with van der Waals surface area (Å²) in [7, 11) is 0. The Kier molecular flexibility index (Phi) is 7.02. The maximum Gasteiger partial charge on any atom is 0.408 e. The molecule has 0 spiro atoms. The van der Waals surface area contributed by atoms with Gasteiger partial charge in [0.25, 0.3) is 0 Å². The molecule has 6 nitrogen and oxygen atoms in total. The molecule has 0 saturated heterocycles. The normalized spacial score (nSPS) is 14.4. The van der Waals surface area contributed by atoms with Crippen LogP contribution >= 0.6 is 15.9 Å². The zero-order valence-electron chi connectivity index (χ0n) is 15.4. The van der Waals surface area contributed by atoms with E-state index in [0.717, 1.165) is 4.47 Å². The number of ether oxygens (including phenoxy) is 2. The van der Waals surface area contributed by atoms with E-state index in [1.54, 1.807) is 65.8 Å². The molecule has 140 valence electrons. The van der Waals surface area contributed by atoms with Crippen LogP contribution in [0.5, 0.6) is 0 Å². The topological polar surface area (TPSA) is 84.9 Å². The van der Waals surface area contributed by atoms with Gasteiger partial charge in [-0.1, -0.05) is 28.1 Å². The van der Waals surface area contributed by atoms with E-state index in [9.17, 15) is 14.7 Å². The van der Waals surface area contributed by atoms with Gasteiger partial charge in [0.1, 0.15) is 17.3 Å². The van der Waals surface area contributed by atoms with Crippen LogP contribution in [0.15, 0.2) is 28.7 Å². The van der Waals surface area contributed by atoms with Gasteiger partial charge in [0.2, 0.25) is 0 Å². The predicted octanol–water partition coefficient (Wildman–Crippen LogP) is 3.72. The van der Waals surface area contributed by atoms with Crippen LogP contribution in [0.2, 0.25) is 0 Å². The van der Waals surface area contributed by atoms with Crippen molar-refractivity contribution >= 4 is 28.0 Å². The van der Waals surface area contributed by atoms with Gasteiger partial charge in [-0.2, -0.15) is 0 Å². The Labute approximate surface area is 157 Å². The number of aliphatic hydroxyl groups is 1. The number of carbonyl (C=O) groups excluding carboxylic acids is 2. The highest BCUT2D eigenvalue weighted by Crippen LogP contribution is 2.23. The van der Waals surface area contributed by atoms with E-state index in [-0.39, 0.29) is 0 Å². The van der Waals surface area contributed by atoms with Crippen LogP contribution in [0.3, 0.4) is 0 Å². The highest BCUT2D eigenvalue weighted by Gasteiger charge is 2.35. The highest BCUT2D eigenvalue weighted by atomic mass is 79.9. The lowest BCUT2D eigenvalue weighted by atomic mass is 10.0. The molecule has 0 aliphatic heterocycles. The summed E-state index contributed by atoms with van der Waals surface area (Å²) in [4.78, 5) is 24.6. The molecule has 2 N–H and O–H groups in total. The van der Waals surface area contributed by atoms with Gasteiger partial charge in [0.05, 0.1) is 0 Å². The van der Waals surface area contributed by atoms with Crippen molar-refractivity contribution in [1.29, 1.82) is 0 Å². The van der Waals surface area contributed by atoms with E-state index in [0.29, 0.717) is 5.56 Å². The molecule has 25 heavy (non-hydrogen) atoms. The maximum absolute atomic E-state index is 12.5. The van der Waals surface area contributed by atoms with Crippen molar-refractivity contribution in [3.05, 3.63) is 34.3 Å². The molecule has 0 unspecified atom stereocenters. The molecule has 0 aromatic heterocycles. The van der Waals surface area contributed by atoms with Gasteiger partial charge in [0, 0.05) is 4.47 Å². The second-order valence-electron chi connectivity index (χ2n) is 7.66. The van der Waals surface area contributed by atoms with Crippen molar-refractivity contribution in [2.75, 3.05) is 0 Å². The number of hydrogen-bond acceptors (Lipinski definition) is 5. The summed E-state index contributed by atoms with van der Waals surface area (Å²) in [5.41, 5.74) is -1.04. The van der Waals surface area contributed by atoms with Crippen molar-refractivity contribution < 1.29 is 24.2 Å². The molecule has 7 heteroatoms. The maximum atomic E-state index is 12.5. The molecule has 1 rings (SSSR count). The van der Waals surface area contributed by atoms with Crippen LogP contribution in [0.4, 0.5) is 4.79 Å². The third kappa shape index (κ3) is 7.88. The third-order valence-electron chi connectivity index (χ3n) is 2.84. The van der Waals surface area contributed by atoms with Crippen LogP contribution < -0.4 is 5.32 Å². The zero-order chi connectivity index (χ0) is 19.4. The molecule has 2 atom stereocenters. The second-order valence-corrected chi connectivity index (χ2v) is 8.57. The molecule has 1 amide bonds. The molecule has 0 aliphatic rings. The first kappa shape index (κ1) is 21.4. The fourth-order valence-electron chi connectivity index (χ4n) is 1.95. The summed E-state index contributed by atoms with van der Waals surface area (Å²) in [5.74, 6) is -0.745. The summed E-state index contributed by atoms with van der Waals surface area (Å²) in [6.45, 7) is 10.3. The first-order valence-corrected chi connectivity index (χ1v) is 8.74. The van der Waals surface area contributed by atoms with Crippen LogP contribution in [0.1, 0.15) is 53.2 Å². The Morgan fingerprint density at radius 1 is 1.08 bits per heavy atom. The van der Waals surface area contributed by atoms with Crippen molar-refractivity contribution in [3.63, 3.8) is 0 Å². The minimum Gasteiger partial charge on any atom is -0.458 e. The van der Waals surface area contributed by atoms with E-state index in [1.165, 1.54) is 0 Å². The van der Waals surface area contributed by atoms with Gasteiger partial charge in [-0.3, -0.25) is 0 Å². The molecule has 1 aromatic rings. The number of hydrogen-bond donors (Lipinski definition) is 2. The summed E-state index contributed by atoms with van der Waals surface area (Å²) in [6.07, 6.45) is -2.10. The number of carbonyl (C=O) groups is 2. The number of amides is 1. The third-order valence-corrected chi connectivity index (χ3v) is 3.33. The Morgan fingerprint density at radius 3 is 2.12 bits per heavy atom. The SMILES string of the molecule is CC(C)(C)OC(=O)N[C@@H](C(=O)OC(C)(C)C)[C@@H](O)c1cccc(Br)c1. The fraction of sp³-hybridized carbons (Fsp3) is 0.556. The lowest BCUT2D eigenvalue weighted by Gasteiger charge is -2.28. The van der Waals surface area contributed by atoms with E-state index < -0.39 is 35.4 Å². The highest BCUT2D eigenvalue weighted by molar-refractivity contribution is 9.10. The minimum atomic E-state index is -1.30. The van der Waals surface area contributed by atoms with E-state index in [4.69, 9.17) is 9.47 Å². The Bertz CT molecular complexity index is 619. The van der Waals surface area contributed by atoms with E-state index >= 15 is 0 Å². The van der Waals surface area contributed by atoms with Gasteiger partial charge in [-0.15, -0.1) is 0 Å². The molecule has 0 aliphatic carbocycles. The van der Waals surface area contributed by atoms with Crippen LogP contribution in [-0.4, -0.2) is 34.4 Å². The van der Waals surface area contributed by atoms with Crippen molar-refractivity contribution in [2.24, 2.45) is 0 Å². The molecule has 0 saturated carbocycles. The van der Waals surface area contributed by atoms with E-state index in [1.807, 2.05) is 0 Å². The minimum absolute atomic E-state index is 0.460. The largest absolute Gasteiger partial charge is 0.458 e. The summed E-state index contributed by atoms with van der Waals surface area (Å²) >= 11 is 3.32. The monoisotopic (exact) mass is 415 g/mol. The van der Waals surface area contributed by atoms with Crippen LogP contribution in [0, 0.1) is 0 Å². The number of rotatable bonds is 4. The number of benzene rings is 1. The van der Waals surface area contributed by atoms with E-state index in [2.05, 4.69) is 21.2 Å². The number of nitrogens with one attached hydrogen (secondary N) is 1. The van der Waals surface area contributed by atoms with Crippen molar-refractivity contribution in [2.45, 2.75) is 64.9 Å². The second kappa shape index (κ2) is 8.19. The standard InChI is InChI=1S/C18H26BrNO5/c1-17(2,3)24-15(22)13(20-16(23)25-18(4,5)6)14(21)11-8-7-9-12(19)10-11/h7-10,13-14,21H,1-6H3,(H,20,23)/t13-,14+/m1/s1. The van der Waals surface area contributed by atoms with Gasteiger partial charge in [0.15, 0.2) is 6.04 Å². The Balaban J connectivity index is 3.05. The predicted molar refractivity (Wildman–Crippen MR) is 98.1 cm³/mol. The van der Waals surface area contributed by atoms with Gasteiger partial charge < -0.3 is 19.9 Å². The molecule has 0 bridgehead atoms. The lowest BCUT2D eigenvalue weighted by Crippen LogP contribution is -2.49. The number of halogens is 1. The van der Waals surface area contributed by atoms with Gasteiger partial charge >= 0.3 is 12.1 Å². The average Bonchev–Trinajstić information content (AvgIpc) is 2.40. The molecular weight excluding hydrogens is 390 g/mol. The fourth-order valence-corrected chi connectivity index (χ4v) is 2.37. The number of alkyl carbamates (subject to hydrolysis) is 1. The summed E-state index contributed by atoms with van der Waals surface area (Å²) in [5, 5.41) is 13.0. The smallest absolute Gasteiger partial charge is 0.408 e. The average molecular weight is 416 g/mol. The van der Waals surface area contributed by atoms with Crippen LogP contribution in [-0.2, 0) is 14.3 Å². The van der Waals surface area contributed by atoms with Gasteiger partial charge in [-0.05, 0) is 59.2 Å². The van der Waals surface area contributed by atoms with Crippen LogP contribution in [0.25, 0.3) is 0 Å². The number of esters is 1. The van der Waals surface area contributed by atoms with Crippen molar-refractivity contribution in [3.8, 4) is 0 Å². The summed E-state index contributed by atoms with van der Waals surface area (Å²) in [6, 6.07) is 5.54. The summed E-state index contributed by atoms with van der Waals surface area (Å²) < 4.78 is 11.2. The lowest BCUT2D eigenvalue weighted by molar-refractivity contribution is -0.160. The number of aliphatic hydroxyl groups excluding tert-OH is 1. The van der Waals surface area contributed by atoms with Gasteiger partial charge in [-0.25, -0.2) is 9.59 Å². The molecule has 1 aromatic carbocycles. The Morgan fingerprint density at radius 2 is 1.64 bits per heavy atom. The quantitative estimate of drug-likeness (QED) is 0.731. The first-order valence-electron chi connectivity index (χ1n) is 7.94. The molecule has 0 heterocycles. The first-order chi connectivity index (χ1) is 11.3. The Hall–Kier alpha value is -1.60. The van der Waals surface area contributed by atoms with Crippen molar-refractivity contribution in [1.82, 2.24) is 5.32 Å². The zero-order valence-corrected chi connectivity index (χ0v) is 17.0. The molecule has 0 fully saturated rings.